The van der Waals surface area contributed by atoms with E-state index >= 15 is 0 Å². The van der Waals surface area contributed by atoms with Crippen LogP contribution in [0.5, 0.6) is 0 Å². The van der Waals surface area contributed by atoms with Crippen molar-refractivity contribution in [2.75, 3.05) is 19.6 Å². The topological polar surface area (TPSA) is 58.6 Å². The Balaban J connectivity index is 1.55. The zero-order valence-electron chi connectivity index (χ0n) is 23.6. The lowest BCUT2D eigenvalue weighted by atomic mass is 9.90. The van der Waals surface area contributed by atoms with Crippen molar-refractivity contribution >= 4 is 12.0 Å². The Morgan fingerprint density at radius 2 is 1.44 bits per heavy atom. The second kappa shape index (κ2) is 16.7. The fourth-order valence-corrected chi connectivity index (χ4v) is 4.84. The molecule has 1 aliphatic heterocycles. The molecule has 0 spiro atoms. The molecule has 36 heavy (non-hydrogen) atoms. The van der Waals surface area contributed by atoms with Gasteiger partial charge in [-0.2, -0.15) is 0 Å². The van der Waals surface area contributed by atoms with Crippen molar-refractivity contribution in [3.8, 4) is 0 Å². The first-order chi connectivity index (χ1) is 17.3. The first-order valence-corrected chi connectivity index (χ1v) is 14.6. The third-order valence-corrected chi connectivity index (χ3v) is 7.14. The van der Waals surface area contributed by atoms with Gasteiger partial charge in [0.15, 0.2) is 0 Å². The molecule has 5 heteroatoms. The predicted molar refractivity (Wildman–Crippen MR) is 149 cm³/mol. The van der Waals surface area contributed by atoms with Crippen LogP contribution in [0, 0.1) is 5.92 Å². The normalized spacial score (nSPS) is 14.6. The fourth-order valence-electron chi connectivity index (χ4n) is 4.84. The van der Waals surface area contributed by atoms with E-state index in [0.717, 1.165) is 57.3 Å². The highest BCUT2D eigenvalue weighted by molar-refractivity contribution is 5.94. The summed E-state index contributed by atoms with van der Waals surface area (Å²) < 4.78 is 5.49. The molecule has 0 aliphatic carbocycles. The number of carbonyl (C=O) groups is 2. The van der Waals surface area contributed by atoms with Crippen molar-refractivity contribution in [1.82, 2.24) is 10.2 Å². The van der Waals surface area contributed by atoms with Crippen LogP contribution in [0.3, 0.4) is 0 Å². The second-order valence-electron chi connectivity index (χ2n) is 11.6. The molecular weight excluding hydrogens is 448 g/mol. The minimum Gasteiger partial charge on any atom is -0.444 e. The lowest BCUT2D eigenvalue weighted by Crippen LogP contribution is -2.41. The third kappa shape index (κ3) is 12.8. The number of nitrogens with zero attached hydrogens (tertiary/aromatic N) is 1. The average Bonchev–Trinajstić information content (AvgIpc) is 2.85. The Morgan fingerprint density at radius 1 is 0.889 bits per heavy atom. The summed E-state index contributed by atoms with van der Waals surface area (Å²) >= 11 is 0. The number of piperidine rings is 1. The van der Waals surface area contributed by atoms with Gasteiger partial charge in [-0.15, -0.1) is 0 Å². The van der Waals surface area contributed by atoms with Crippen molar-refractivity contribution in [2.24, 2.45) is 5.92 Å². The summed E-state index contributed by atoms with van der Waals surface area (Å²) in [5, 5.41) is 3.07. The zero-order chi connectivity index (χ0) is 26.2. The molecule has 0 saturated carbocycles. The lowest BCUT2D eigenvalue weighted by Gasteiger charge is -2.33. The largest absolute Gasteiger partial charge is 0.444 e. The van der Waals surface area contributed by atoms with E-state index < -0.39 is 5.60 Å². The SMILES string of the molecule is CCCCCCCCCCCCNC(=O)c1ccc(CCC2CCN(C(=O)OC(C)(C)C)CC2)cc1. The molecule has 1 aliphatic rings. The monoisotopic (exact) mass is 500 g/mol. The number of ether oxygens (including phenoxy) is 1. The summed E-state index contributed by atoms with van der Waals surface area (Å²) in [7, 11) is 0. The van der Waals surface area contributed by atoms with E-state index in [-0.39, 0.29) is 12.0 Å². The van der Waals surface area contributed by atoms with Crippen LogP contribution in [0.25, 0.3) is 0 Å². The standard InChI is InChI=1S/C31H52N2O3/c1-5-6-7-8-9-10-11-12-13-14-23-32-29(34)28-19-17-26(18-20-28)15-16-27-21-24-33(25-22-27)30(35)36-31(2,3)4/h17-20,27H,5-16,21-25H2,1-4H3,(H,32,34). The molecule has 0 radical (unpaired) electrons. The maximum absolute atomic E-state index is 12.4. The van der Waals surface area contributed by atoms with E-state index in [0.29, 0.717) is 5.92 Å². The van der Waals surface area contributed by atoms with Crippen LogP contribution in [0.1, 0.15) is 127 Å². The smallest absolute Gasteiger partial charge is 0.410 e. The summed E-state index contributed by atoms with van der Waals surface area (Å²) in [5.41, 5.74) is 1.58. The highest BCUT2D eigenvalue weighted by Crippen LogP contribution is 2.24. The van der Waals surface area contributed by atoms with E-state index in [2.05, 4.69) is 24.4 Å². The number of aryl methyl sites for hydroxylation is 1. The Labute approximate surface area is 220 Å². The van der Waals surface area contributed by atoms with Crippen LogP contribution in [-0.4, -0.2) is 42.1 Å². The van der Waals surface area contributed by atoms with Crippen LogP contribution in [0.2, 0.25) is 0 Å². The number of hydrogen-bond donors (Lipinski definition) is 1. The zero-order valence-corrected chi connectivity index (χ0v) is 23.6. The molecule has 1 fully saturated rings. The molecule has 5 nitrogen and oxygen atoms in total. The molecule has 1 saturated heterocycles. The van der Waals surface area contributed by atoms with Gasteiger partial charge in [-0.3, -0.25) is 4.79 Å². The number of unbranched alkanes of at least 4 members (excludes halogenated alkanes) is 9. The maximum atomic E-state index is 12.4. The molecule has 0 aromatic heterocycles. The molecule has 1 aromatic rings. The number of amides is 2. The molecule has 0 atom stereocenters. The summed E-state index contributed by atoms with van der Waals surface area (Å²) in [6.45, 7) is 10.3. The summed E-state index contributed by atoms with van der Waals surface area (Å²) in [6, 6.07) is 8.08. The van der Waals surface area contributed by atoms with E-state index in [1.165, 1.54) is 63.4 Å². The minimum absolute atomic E-state index is 0.0342. The highest BCUT2D eigenvalue weighted by atomic mass is 16.6. The predicted octanol–water partition coefficient (Wildman–Crippen LogP) is 7.92. The Hall–Kier alpha value is -2.04. The number of rotatable bonds is 15. The van der Waals surface area contributed by atoms with Gasteiger partial charge in [-0.05, 0) is 76.5 Å². The van der Waals surface area contributed by atoms with Crippen LogP contribution in [0.4, 0.5) is 4.79 Å². The van der Waals surface area contributed by atoms with Crippen LogP contribution in [-0.2, 0) is 11.2 Å². The third-order valence-electron chi connectivity index (χ3n) is 7.14. The molecule has 1 N–H and O–H groups in total. The van der Waals surface area contributed by atoms with Gasteiger partial charge in [0, 0.05) is 25.2 Å². The molecule has 2 rings (SSSR count). The van der Waals surface area contributed by atoms with Gasteiger partial charge >= 0.3 is 6.09 Å². The number of carbonyl (C=O) groups excluding carboxylic acids is 2. The fraction of sp³-hybridized carbons (Fsp3) is 0.742. The van der Waals surface area contributed by atoms with Crippen LogP contribution >= 0.6 is 0 Å². The number of nitrogens with one attached hydrogen (secondary N) is 1. The van der Waals surface area contributed by atoms with Crippen molar-refractivity contribution in [2.45, 2.75) is 123 Å². The van der Waals surface area contributed by atoms with E-state index in [1.807, 2.05) is 37.8 Å². The summed E-state index contributed by atoms with van der Waals surface area (Å²) in [6.07, 6.45) is 17.0. The van der Waals surface area contributed by atoms with E-state index in [9.17, 15) is 9.59 Å². The average molecular weight is 501 g/mol. The van der Waals surface area contributed by atoms with Crippen molar-refractivity contribution in [3.63, 3.8) is 0 Å². The summed E-state index contributed by atoms with van der Waals surface area (Å²) in [4.78, 5) is 26.5. The van der Waals surface area contributed by atoms with Gasteiger partial charge in [-0.25, -0.2) is 4.79 Å². The molecular formula is C31H52N2O3. The van der Waals surface area contributed by atoms with Gasteiger partial charge in [0.1, 0.15) is 5.60 Å². The number of benzene rings is 1. The van der Waals surface area contributed by atoms with Crippen molar-refractivity contribution in [3.05, 3.63) is 35.4 Å². The Bertz CT molecular complexity index is 746. The quantitative estimate of drug-likeness (QED) is 0.249. The van der Waals surface area contributed by atoms with Gasteiger partial charge in [-0.1, -0.05) is 76.8 Å². The van der Waals surface area contributed by atoms with Crippen LogP contribution in [0.15, 0.2) is 24.3 Å². The number of hydrogen-bond acceptors (Lipinski definition) is 3. The Morgan fingerprint density at radius 3 is 2.00 bits per heavy atom. The minimum atomic E-state index is -0.441. The maximum Gasteiger partial charge on any atom is 0.410 e. The summed E-state index contributed by atoms with van der Waals surface area (Å²) in [5.74, 6) is 0.666. The van der Waals surface area contributed by atoms with Crippen molar-refractivity contribution in [1.29, 1.82) is 0 Å². The molecule has 204 valence electrons. The van der Waals surface area contributed by atoms with Crippen molar-refractivity contribution < 1.29 is 14.3 Å². The highest BCUT2D eigenvalue weighted by Gasteiger charge is 2.26. The molecule has 0 bridgehead atoms. The Kier molecular flexibility index (Phi) is 14.0. The number of likely N-dealkylation sites (tertiary alicyclic amines) is 1. The van der Waals surface area contributed by atoms with Crippen LogP contribution < -0.4 is 5.32 Å². The first-order valence-electron chi connectivity index (χ1n) is 14.6. The lowest BCUT2D eigenvalue weighted by molar-refractivity contribution is 0.0181. The van der Waals surface area contributed by atoms with Gasteiger partial charge in [0.25, 0.3) is 5.91 Å². The van der Waals surface area contributed by atoms with Gasteiger partial charge in [0.2, 0.25) is 0 Å². The molecule has 1 heterocycles. The molecule has 1 aromatic carbocycles. The molecule has 2 amide bonds. The van der Waals surface area contributed by atoms with Gasteiger partial charge in [0.05, 0.1) is 0 Å². The van der Waals surface area contributed by atoms with E-state index in [1.54, 1.807) is 0 Å². The van der Waals surface area contributed by atoms with E-state index in [4.69, 9.17) is 4.74 Å². The first kappa shape index (κ1) is 30.2. The molecule has 0 unspecified atom stereocenters. The van der Waals surface area contributed by atoms with Gasteiger partial charge < -0.3 is 15.0 Å². The second-order valence-corrected chi connectivity index (χ2v) is 11.6.